The summed E-state index contributed by atoms with van der Waals surface area (Å²) >= 11 is 3.26. The highest BCUT2D eigenvalue weighted by Gasteiger charge is 2.17. The van der Waals surface area contributed by atoms with Crippen molar-refractivity contribution in [2.75, 3.05) is 5.32 Å². The summed E-state index contributed by atoms with van der Waals surface area (Å²) in [6, 6.07) is 11.6. The molecule has 2 rings (SSSR count). The SMILES string of the molecule is CC(C)c1ccccc1NC(=O)c1cc(S(N)(=O)=O)ccc1Br. The number of hydrogen-bond donors (Lipinski definition) is 2. The van der Waals surface area contributed by atoms with Gasteiger partial charge in [0.15, 0.2) is 0 Å². The van der Waals surface area contributed by atoms with E-state index in [9.17, 15) is 13.2 Å². The molecule has 0 aliphatic carbocycles. The van der Waals surface area contributed by atoms with E-state index >= 15 is 0 Å². The van der Waals surface area contributed by atoms with E-state index in [1.165, 1.54) is 18.2 Å². The van der Waals surface area contributed by atoms with Crippen LogP contribution in [-0.2, 0) is 10.0 Å². The predicted octanol–water partition coefficient (Wildman–Crippen LogP) is 3.47. The Hall–Kier alpha value is -1.70. The molecule has 0 atom stereocenters. The molecule has 0 saturated carbocycles. The molecule has 0 unspecified atom stereocenters. The first-order valence-corrected chi connectivity index (χ1v) is 9.26. The molecule has 0 bridgehead atoms. The highest BCUT2D eigenvalue weighted by atomic mass is 79.9. The van der Waals surface area contributed by atoms with Crippen LogP contribution in [0.5, 0.6) is 0 Å². The third kappa shape index (κ3) is 4.19. The van der Waals surface area contributed by atoms with Crippen molar-refractivity contribution in [3.8, 4) is 0 Å². The summed E-state index contributed by atoms with van der Waals surface area (Å²) < 4.78 is 23.4. The summed E-state index contributed by atoms with van der Waals surface area (Å²) in [6.07, 6.45) is 0. The lowest BCUT2D eigenvalue weighted by molar-refractivity contribution is 0.102. The molecule has 0 aliphatic rings. The summed E-state index contributed by atoms with van der Waals surface area (Å²) in [4.78, 5) is 12.4. The summed E-state index contributed by atoms with van der Waals surface area (Å²) in [5, 5.41) is 7.94. The molecular weight excluding hydrogens is 380 g/mol. The zero-order valence-corrected chi connectivity index (χ0v) is 15.1. The summed E-state index contributed by atoms with van der Waals surface area (Å²) in [5.41, 5.74) is 1.90. The van der Waals surface area contributed by atoms with Gasteiger partial charge in [-0.05, 0) is 51.7 Å². The van der Waals surface area contributed by atoms with E-state index in [-0.39, 0.29) is 16.4 Å². The van der Waals surface area contributed by atoms with Gasteiger partial charge in [-0.15, -0.1) is 0 Å². The molecule has 1 amide bonds. The molecule has 0 spiro atoms. The number of hydrogen-bond acceptors (Lipinski definition) is 3. The third-order valence-electron chi connectivity index (χ3n) is 3.34. The van der Waals surface area contributed by atoms with Gasteiger partial charge in [0.1, 0.15) is 0 Å². The van der Waals surface area contributed by atoms with Gasteiger partial charge < -0.3 is 5.32 Å². The molecule has 0 saturated heterocycles. The van der Waals surface area contributed by atoms with E-state index < -0.39 is 15.9 Å². The molecule has 5 nitrogen and oxygen atoms in total. The molecule has 0 aromatic heterocycles. The fourth-order valence-corrected chi connectivity index (χ4v) is 3.13. The zero-order valence-electron chi connectivity index (χ0n) is 12.7. The summed E-state index contributed by atoms with van der Waals surface area (Å²) in [5.74, 6) is -0.166. The minimum atomic E-state index is -3.87. The fraction of sp³-hybridized carbons (Fsp3) is 0.188. The predicted molar refractivity (Wildman–Crippen MR) is 94.0 cm³/mol. The highest BCUT2D eigenvalue weighted by Crippen LogP contribution is 2.26. The van der Waals surface area contributed by atoms with Gasteiger partial charge in [0.2, 0.25) is 10.0 Å². The van der Waals surface area contributed by atoms with Crippen LogP contribution in [0.15, 0.2) is 51.8 Å². The first-order chi connectivity index (χ1) is 10.7. The maximum absolute atomic E-state index is 12.5. The molecule has 23 heavy (non-hydrogen) atoms. The first kappa shape index (κ1) is 17.7. The first-order valence-electron chi connectivity index (χ1n) is 6.93. The highest BCUT2D eigenvalue weighted by molar-refractivity contribution is 9.10. The minimum Gasteiger partial charge on any atom is -0.322 e. The van der Waals surface area contributed by atoms with E-state index in [0.29, 0.717) is 10.2 Å². The maximum atomic E-state index is 12.5. The Bertz CT molecular complexity index is 848. The van der Waals surface area contributed by atoms with Crippen LogP contribution in [0.3, 0.4) is 0 Å². The Morgan fingerprint density at radius 1 is 1.17 bits per heavy atom. The average molecular weight is 397 g/mol. The molecule has 3 N–H and O–H groups in total. The number of anilines is 1. The Labute approximate surface area is 144 Å². The van der Waals surface area contributed by atoms with Gasteiger partial charge in [0.05, 0.1) is 10.5 Å². The molecule has 7 heteroatoms. The van der Waals surface area contributed by atoms with Crippen LogP contribution in [-0.4, -0.2) is 14.3 Å². The number of nitrogens with two attached hydrogens (primary N) is 1. The number of para-hydroxylation sites is 1. The number of halogens is 1. The standard InChI is InChI=1S/C16H17BrN2O3S/c1-10(2)12-5-3-4-6-15(12)19-16(20)13-9-11(23(18,21)22)7-8-14(13)17/h3-10H,1-2H3,(H,19,20)(H2,18,21,22). The number of amides is 1. The van der Waals surface area contributed by atoms with Crippen molar-refractivity contribution in [1.82, 2.24) is 0 Å². The van der Waals surface area contributed by atoms with Gasteiger partial charge in [-0.2, -0.15) is 0 Å². The second-order valence-corrected chi connectivity index (χ2v) is 7.80. The number of rotatable bonds is 4. The van der Waals surface area contributed by atoms with Crippen molar-refractivity contribution >= 4 is 37.5 Å². The zero-order chi connectivity index (χ0) is 17.2. The maximum Gasteiger partial charge on any atom is 0.256 e. The Kier molecular flexibility index (Phi) is 5.23. The van der Waals surface area contributed by atoms with Crippen molar-refractivity contribution in [3.05, 3.63) is 58.1 Å². The number of nitrogens with one attached hydrogen (secondary N) is 1. The molecule has 0 aliphatic heterocycles. The minimum absolute atomic E-state index is 0.108. The van der Waals surface area contributed by atoms with Crippen molar-refractivity contribution < 1.29 is 13.2 Å². The average Bonchev–Trinajstić information content (AvgIpc) is 2.46. The molecule has 0 fully saturated rings. The fourth-order valence-electron chi connectivity index (χ4n) is 2.16. The molecule has 0 heterocycles. The van der Waals surface area contributed by atoms with Crippen molar-refractivity contribution in [3.63, 3.8) is 0 Å². The van der Waals surface area contributed by atoms with Gasteiger partial charge >= 0.3 is 0 Å². The normalized spacial score (nSPS) is 11.5. The molecule has 122 valence electrons. The van der Waals surface area contributed by atoms with E-state index in [4.69, 9.17) is 5.14 Å². The van der Waals surface area contributed by atoms with Crippen molar-refractivity contribution in [2.45, 2.75) is 24.7 Å². The van der Waals surface area contributed by atoms with E-state index in [0.717, 1.165) is 5.56 Å². The van der Waals surface area contributed by atoms with Crippen LogP contribution in [0.2, 0.25) is 0 Å². The van der Waals surface area contributed by atoms with E-state index in [2.05, 4.69) is 21.2 Å². The lowest BCUT2D eigenvalue weighted by atomic mass is 10.0. The van der Waals surface area contributed by atoms with Gasteiger partial charge in [0.25, 0.3) is 5.91 Å². The van der Waals surface area contributed by atoms with Gasteiger partial charge in [0, 0.05) is 10.2 Å². The molecule has 2 aromatic carbocycles. The topological polar surface area (TPSA) is 89.3 Å². The Balaban J connectivity index is 2.39. The lowest BCUT2D eigenvalue weighted by Crippen LogP contribution is -2.17. The van der Waals surface area contributed by atoms with Crippen molar-refractivity contribution in [2.24, 2.45) is 5.14 Å². The smallest absolute Gasteiger partial charge is 0.256 e. The lowest BCUT2D eigenvalue weighted by Gasteiger charge is -2.14. The second-order valence-electron chi connectivity index (χ2n) is 5.38. The van der Waals surface area contributed by atoms with Crippen molar-refractivity contribution in [1.29, 1.82) is 0 Å². The van der Waals surface area contributed by atoms with E-state index in [1.807, 2.05) is 38.1 Å². The van der Waals surface area contributed by atoms with Crippen LogP contribution < -0.4 is 10.5 Å². The number of carbonyl (C=O) groups is 1. The van der Waals surface area contributed by atoms with Crippen LogP contribution in [0.4, 0.5) is 5.69 Å². The van der Waals surface area contributed by atoms with Crippen LogP contribution in [0, 0.1) is 0 Å². The van der Waals surface area contributed by atoms with Gasteiger partial charge in [-0.3, -0.25) is 4.79 Å². The Morgan fingerprint density at radius 3 is 2.43 bits per heavy atom. The van der Waals surface area contributed by atoms with Crippen LogP contribution in [0.25, 0.3) is 0 Å². The van der Waals surface area contributed by atoms with Crippen LogP contribution >= 0.6 is 15.9 Å². The second kappa shape index (κ2) is 6.82. The summed E-state index contributed by atoms with van der Waals surface area (Å²) in [6.45, 7) is 4.06. The van der Waals surface area contributed by atoms with Crippen LogP contribution in [0.1, 0.15) is 35.7 Å². The monoisotopic (exact) mass is 396 g/mol. The summed E-state index contributed by atoms with van der Waals surface area (Å²) in [7, 11) is -3.87. The molecule has 0 radical (unpaired) electrons. The molecule has 2 aromatic rings. The number of sulfonamides is 1. The number of benzene rings is 2. The largest absolute Gasteiger partial charge is 0.322 e. The van der Waals surface area contributed by atoms with Gasteiger partial charge in [-0.1, -0.05) is 32.0 Å². The Morgan fingerprint density at radius 2 is 1.83 bits per heavy atom. The quantitative estimate of drug-likeness (QED) is 0.828. The molecular formula is C16H17BrN2O3S. The van der Waals surface area contributed by atoms with E-state index in [1.54, 1.807) is 0 Å². The van der Waals surface area contributed by atoms with Gasteiger partial charge in [-0.25, -0.2) is 13.6 Å². The number of primary sulfonamides is 1. The number of carbonyl (C=O) groups excluding carboxylic acids is 1. The third-order valence-corrected chi connectivity index (χ3v) is 4.94.